The topological polar surface area (TPSA) is 87.4 Å². The molecule has 0 aliphatic carbocycles. The van der Waals surface area contributed by atoms with Crippen LogP contribution in [-0.2, 0) is 0 Å². The van der Waals surface area contributed by atoms with Crippen LogP contribution in [0.4, 0.5) is 0 Å². The monoisotopic (exact) mass is 271 g/mol. The van der Waals surface area contributed by atoms with Crippen molar-refractivity contribution in [3.8, 4) is 0 Å². The van der Waals surface area contributed by atoms with Crippen molar-refractivity contribution in [2.75, 3.05) is 13.6 Å². The second kappa shape index (κ2) is 6.83. The molecule has 1 atom stereocenters. The van der Waals surface area contributed by atoms with Crippen LogP contribution in [-0.4, -0.2) is 23.6 Å². The van der Waals surface area contributed by atoms with Crippen LogP contribution in [0.25, 0.3) is 0 Å². The van der Waals surface area contributed by atoms with Gasteiger partial charge in [0, 0.05) is 18.6 Å². The van der Waals surface area contributed by atoms with Gasteiger partial charge in [0.1, 0.15) is 0 Å². The first-order chi connectivity index (χ1) is 8.52. The summed E-state index contributed by atoms with van der Waals surface area (Å²) in [4.78, 5) is 9.72. The average molecular weight is 272 g/mol. The van der Waals surface area contributed by atoms with Crippen LogP contribution in [0.15, 0.2) is 36.3 Å². The summed E-state index contributed by atoms with van der Waals surface area (Å²) in [6.07, 6.45) is 0.0277. The van der Waals surface area contributed by atoms with E-state index in [9.17, 15) is 15.2 Å². The molecule has 18 heavy (non-hydrogen) atoms. The zero-order valence-corrected chi connectivity index (χ0v) is 10.5. The van der Waals surface area contributed by atoms with E-state index in [0.29, 0.717) is 10.6 Å². The SMILES string of the molecule is CNC(=C[N+](=O)[O-])NCC(O)c1ccc(Cl)cc1. The highest BCUT2D eigenvalue weighted by atomic mass is 35.5. The summed E-state index contributed by atoms with van der Waals surface area (Å²) in [6, 6.07) is 6.74. The standard InChI is InChI=1S/C11H14ClN3O3/c1-13-11(7-15(17)18)14-6-10(16)8-2-4-9(12)5-3-8/h2-5,7,10,13-14,16H,6H2,1H3. The number of nitro groups is 1. The summed E-state index contributed by atoms with van der Waals surface area (Å²) in [5, 5.41) is 26.1. The number of aliphatic hydroxyl groups excluding tert-OH is 1. The maximum atomic E-state index is 10.3. The van der Waals surface area contributed by atoms with Crippen LogP contribution in [0.5, 0.6) is 0 Å². The molecule has 1 rings (SSSR count). The first-order valence-electron chi connectivity index (χ1n) is 5.23. The Morgan fingerprint density at radius 3 is 2.67 bits per heavy atom. The van der Waals surface area contributed by atoms with Gasteiger partial charge < -0.3 is 15.7 Å². The van der Waals surface area contributed by atoms with Gasteiger partial charge >= 0.3 is 0 Å². The van der Waals surface area contributed by atoms with Crippen molar-refractivity contribution in [1.82, 2.24) is 10.6 Å². The zero-order chi connectivity index (χ0) is 13.5. The summed E-state index contributed by atoms with van der Waals surface area (Å²) >= 11 is 5.73. The molecular weight excluding hydrogens is 258 g/mol. The number of halogens is 1. The van der Waals surface area contributed by atoms with E-state index in [0.717, 1.165) is 6.20 Å². The lowest BCUT2D eigenvalue weighted by Gasteiger charge is -2.13. The van der Waals surface area contributed by atoms with Gasteiger partial charge in [-0.2, -0.15) is 0 Å². The molecule has 0 bridgehead atoms. The van der Waals surface area contributed by atoms with E-state index in [2.05, 4.69) is 10.6 Å². The quantitative estimate of drug-likeness (QED) is 0.535. The predicted octanol–water partition coefficient (Wildman–Crippen LogP) is 1.26. The number of benzene rings is 1. The lowest BCUT2D eigenvalue weighted by atomic mass is 10.1. The van der Waals surface area contributed by atoms with Gasteiger partial charge in [-0.05, 0) is 17.7 Å². The summed E-state index contributed by atoms with van der Waals surface area (Å²) in [5.74, 6) is 0.230. The van der Waals surface area contributed by atoms with E-state index < -0.39 is 11.0 Å². The lowest BCUT2D eigenvalue weighted by molar-refractivity contribution is -0.404. The maximum Gasteiger partial charge on any atom is 0.274 e. The highest BCUT2D eigenvalue weighted by Crippen LogP contribution is 2.15. The molecule has 7 heteroatoms. The molecule has 0 saturated carbocycles. The molecule has 0 heterocycles. The first kappa shape index (κ1) is 14.3. The highest BCUT2D eigenvalue weighted by Gasteiger charge is 2.08. The maximum absolute atomic E-state index is 10.3. The minimum absolute atomic E-state index is 0.155. The van der Waals surface area contributed by atoms with E-state index in [1.54, 1.807) is 31.3 Å². The van der Waals surface area contributed by atoms with E-state index >= 15 is 0 Å². The molecule has 0 aliphatic heterocycles. The van der Waals surface area contributed by atoms with Gasteiger partial charge in [0.05, 0.1) is 11.0 Å². The number of aliphatic hydroxyl groups is 1. The first-order valence-corrected chi connectivity index (χ1v) is 5.61. The molecule has 0 aromatic heterocycles. The number of nitrogens with zero attached hydrogens (tertiary/aromatic N) is 1. The number of nitrogens with one attached hydrogen (secondary N) is 2. The van der Waals surface area contributed by atoms with Crippen LogP contribution in [0.1, 0.15) is 11.7 Å². The van der Waals surface area contributed by atoms with Crippen LogP contribution >= 0.6 is 11.6 Å². The Labute approximate surface area is 109 Å². The van der Waals surface area contributed by atoms with Crippen LogP contribution in [0.2, 0.25) is 5.02 Å². The normalized spacial score (nSPS) is 12.9. The summed E-state index contributed by atoms with van der Waals surface area (Å²) in [6.45, 7) is 0.155. The van der Waals surface area contributed by atoms with Crippen LogP contribution in [0.3, 0.4) is 0 Å². The van der Waals surface area contributed by atoms with E-state index in [-0.39, 0.29) is 12.4 Å². The molecule has 6 nitrogen and oxygen atoms in total. The number of rotatable bonds is 6. The Hall–Kier alpha value is -1.79. The zero-order valence-electron chi connectivity index (χ0n) is 9.76. The lowest BCUT2D eigenvalue weighted by Crippen LogP contribution is -2.28. The largest absolute Gasteiger partial charge is 0.387 e. The van der Waals surface area contributed by atoms with Crippen molar-refractivity contribution in [2.24, 2.45) is 0 Å². The molecule has 98 valence electrons. The fraction of sp³-hybridized carbons (Fsp3) is 0.273. The third-order valence-electron chi connectivity index (χ3n) is 2.24. The molecule has 1 unspecified atom stereocenters. The number of hydrogen-bond acceptors (Lipinski definition) is 5. The Balaban J connectivity index is 2.57. The number of hydrogen-bond donors (Lipinski definition) is 3. The summed E-state index contributed by atoms with van der Waals surface area (Å²) in [7, 11) is 1.55. The van der Waals surface area contributed by atoms with Crippen molar-refractivity contribution in [1.29, 1.82) is 0 Å². The minimum Gasteiger partial charge on any atom is -0.387 e. The molecule has 0 saturated heterocycles. The second-order valence-corrected chi connectivity index (χ2v) is 3.96. The smallest absolute Gasteiger partial charge is 0.274 e. The molecular formula is C11H14ClN3O3. The second-order valence-electron chi connectivity index (χ2n) is 3.53. The molecule has 0 fully saturated rings. The molecule has 1 aromatic rings. The van der Waals surface area contributed by atoms with Crippen molar-refractivity contribution < 1.29 is 10.0 Å². The van der Waals surface area contributed by atoms with Gasteiger partial charge in [-0.15, -0.1) is 0 Å². The van der Waals surface area contributed by atoms with E-state index in [1.165, 1.54) is 0 Å². The molecule has 0 spiro atoms. The third-order valence-corrected chi connectivity index (χ3v) is 2.50. The molecule has 0 radical (unpaired) electrons. The Morgan fingerprint density at radius 2 is 2.17 bits per heavy atom. The predicted molar refractivity (Wildman–Crippen MR) is 68.6 cm³/mol. The van der Waals surface area contributed by atoms with Crippen molar-refractivity contribution in [3.05, 3.63) is 57.0 Å². The summed E-state index contributed by atoms with van der Waals surface area (Å²) < 4.78 is 0. The Bertz CT molecular complexity index is 434. The van der Waals surface area contributed by atoms with Gasteiger partial charge in [0.2, 0.25) is 0 Å². The van der Waals surface area contributed by atoms with Crippen LogP contribution < -0.4 is 10.6 Å². The van der Waals surface area contributed by atoms with Gasteiger partial charge in [-0.25, -0.2) is 0 Å². The minimum atomic E-state index is -0.772. The fourth-order valence-corrected chi connectivity index (χ4v) is 1.44. The van der Waals surface area contributed by atoms with Crippen molar-refractivity contribution in [3.63, 3.8) is 0 Å². The van der Waals surface area contributed by atoms with Gasteiger partial charge in [-0.1, -0.05) is 23.7 Å². The highest BCUT2D eigenvalue weighted by molar-refractivity contribution is 6.30. The fourth-order valence-electron chi connectivity index (χ4n) is 1.31. The van der Waals surface area contributed by atoms with Crippen molar-refractivity contribution >= 4 is 11.6 Å². The van der Waals surface area contributed by atoms with Crippen LogP contribution in [0, 0.1) is 10.1 Å². The van der Waals surface area contributed by atoms with Gasteiger partial charge in [0.25, 0.3) is 6.20 Å². The van der Waals surface area contributed by atoms with Crippen molar-refractivity contribution in [2.45, 2.75) is 6.10 Å². The third kappa shape index (κ3) is 4.60. The Morgan fingerprint density at radius 1 is 1.56 bits per heavy atom. The molecule has 3 N–H and O–H groups in total. The average Bonchev–Trinajstić information content (AvgIpc) is 2.34. The van der Waals surface area contributed by atoms with Gasteiger partial charge in [0.15, 0.2) is 5.82 Å². The Kier molecular flexibility index (Phi) is 5.41. The van der Waals surface area contributed by atoms with E-state index in [4.69, 9.17) is 11.6 Å². The molecule has 0 aliphatic rings. The molecule has 1 aromatic carbocycles. The van der Waals surface area contributed by atoms with Gasteiger partial charge in [-0.3, -0.25) is 10.1 Å². The van der Waals surface area contributed by atoms with E-state index in [1.807, 2.05) is 0 Å². The summed E-state index contributed by atoms with van der Waals surface area (Å²) in [5.41, 5.74) is 0.684. The molecule has 0 amide bonds.